The van der Waals surface area contributed by atoms with Gasteiger partial charge in [0.25, 0.3) is 0 Å². The monoisotopic (exact) mass is 283 g/mol. The van der Waals surface area contributed by atoms with Crippen LogP contribution in [0.15, 0.2) is 35.3 Å². The summed E-state index contributed by atoms with van der Waals surface area (Å²) in [5.74, 6) is 3.45. The van der Waals surface area contributed by atoms with Gasteiger partial charge in [-0.3, -0.25) is 4.99 Å². The molecule has 5 rings (SSSR count). The maximum Gasteiger partial charge on any atom is 0.191 e. The zero-order valence-corrected chi connectivity index (χ0v) is 12.6. The molecular weight excluding hydrogens is 258 g/mol. The maximum atomic E-state index is 6.20. The largest absolute Gasteiger partial charge is 0.370 e. The van der Waals surface area contributed by atoms with Crippen LogP contribution in [0.2, 0.25) is 0 Å². The second-order valence-electron chi connectivity index (χ2n) is 7.06. The average molecular weight is 283 g/mol. The first-order chi connectivity index (χ1) is 10.3. The second kappa shape index (κ2) is 5.36. The van der Waals surface area contributed by atoms with Crippen LogP contribution in [0.3, 0.4) is 0 Å². The molecule has 0 amide bonds. The van der Waals surface area contributed by atoms with E-state index in [-0.39, 0.29) is 0 Å². The Kier molecular flexibility index (Phi) is 3.36. The number of benzene rings is 1. The topological polar surface area (TPSA) is 41.6 Å². The highest BCUT2D eigenvalue weighted by Crippen LogP contribution is 2.47. The summed E-state index contributed by atoms with van der Waals surface area (Å²) >= 11 is 0. The van der Waals surface area contributed by atoms with E-state index in [0.29, 0.717) is 6.04 Å². The van der Waals surface area contributed by atoms with Gasteiger partial charge in [0.15, 0.2) is 5.96 Å². The third kappa shape index (κ3) is 2.43. The third-order valence-corrected chi connectivity index (χ3v) is 5.93. The van der Waals surface area contributed by atoms with E-state index in [1.54, 1.807) is 0 Å². The molecule has 3 saturated carbocycles. The van der Waals surface area contributed by atoms with Gasteiger partial charge in [0.05, 0.1) is 12.6 Å². The first kappa shape index (κ1) is 13.2. The number of rotatable bonds is 3. The number of guanidine groups is 1. The van der Waals surface area contributed by atoms with Crippen LogP contribution in [0.25, 0.3) is 0 Å². The van der Waals surface area contributed by atoms with Crippen molar-refractivity contribution in [2.75, 3.05) is 6.54 Å². The summed E-state index contributed by atoms with van der Waals surface area (Å²) in [5, 5.41) is 0. The summed E-state index contributed by atoms with van der Waals surface area (Å²) in [6.07, 6.45) is 7.20. The van der Waals surface area contributed by atoms with Crippen LogP contribution in [-0.2, 0) is 6.54 Å². The number of nitrogens with two attached hydrogens (primary N) is 1. The van der Waals surface area contributed by atoms with E-state index in [1.807, 2.05) is 0 Å². The molecular formula is C18H25N3. The molecule has 2 N–H and O–H groups in total. The Morgan fingerprint density at radius 3 is 2.52 bits per heavy atom. The van der Waals surface area contributed by atoms with Gasteiger partial charge in [-0.1, -0.05) is 43.2 Å². The first-order valence-electron chi connectivity index (χ1n) is 8.42. The predicted octanol–water partition coefficient (Wildman–Crippen LogP) is 3.01. The molecule has 0 radical (unpaired) electrons. The van der Waals surface area contributed by atoms with Gasteiger partial charge in [0.1, 0.15) is 0 Å². The van der Waals surface area contributed by atoms with Gasteiger partial charge in [-0.2, -0.15) is 0 Å². The van der Waals surface area contributed by atoms with E-state index >= 15 is 0 Å². The zero-order valence-electron chi connectivity index (χ0n) is 12.6. The maximum absolute atomic E-state index is 6.20. The van der Waals surface area contributed by atoms with Crippen LogP contribution in [0.1, 0.15) is 37.7 Å². The molecule has 4 aliphatic rings. The molecule has 3 nitrogen and oxygen atoms in total. The lowest BCUT2D eigenvalue weighted by atomic mass is 9.62. The van der Waals surface area contributed by atoms with Crippen molar-refractivity contribution in [3.05, 3.63) is 35.9 Å². The molecule has 3 fully saturated rings. The van der Waals surface area contributed by atoms with Crippen LogP contribution >= 0.6 is 0 Å². The number of hydrogen-bond donors (Lipinski definition) is 1. The van der Waals surface area contributed by atoms with Crippen molar-refractivity contribution in [1.82, 2.24) is 4.90 Å². The van der Waals surface area contributed by atoms with Gasteiger partial charge >= 0.3 is 0 Å². The molecule has 2 atom stereocenters. The van der Waals surface area contributed by atoms with Crippen LogP contribution in [-0.4, -0.2) is 23.4 Å². The minimum atomic E-state index is 0.540. The van der Waals surface area contributed by atoms with Crippen LogP contribution < -0.4 is 5.73 Å². The average Bonchev–Trinajstić information content (AvgIpc) is 2.90. The van der Waals surface area contributed by atoms with Crippen molar-refractivity contribution < 1.29 is 0 Å². The molecule has 1 aliphatic heterocycles. The molecule has 3 heteroatoms. The number of nitrogens with zero attached hydrogens (tertiary/aromatic N) is 2. The van der Waals surface area contributed by atoms with Gasteiger partial charge in [0.2, 0.25) is 0 Å². The van der Waals surface area contributed by atoms with Crippen LogP contribution in [0.4, 0.5) is 0 Å². The highest BCUT2D eigenvalue weighted by Gasteiger charge is 2.43. The lowest BCUT2D eigenvalue weighted by Gasteiger charge is -2.47. The van der Waals surface area contributed by atoms with E-state index in [9.17, 15) is 0 Å². The molecule has 3 aliphatic carbocycles. The highest BCUT2D eigenvalue weighted by atomic mass is 15.3. The molecule has 0 saturated heterocycles. The minimum absolute atomic E-state index is 0.540. The second-order valence-corrected chi connectivity index (χ2v) is 7.06. The molecule has 2 bridgehead atoms. The van der Waals surface area contributed by atoms with Gasteiger partial charge in [-0.05, 0) is 42.6 Å². The lowest BCUT2D eigenvalue weighted by Crippen LogP contribution is -2.49. The first-order valence-corrected chi connectivity index (χ1v) is 8.42. The summed E-state index contributed by atoms with van der Waals surface area (Å²) in [5.41, 5.74) is 7.53. The van der Waals surface area contributed by atoms with Crippen molar-refractivity contribution >= 4 is 5.96 Å². The fourth-order valence-electron chi connectivity index (χ4n) is 4.79. The van der Waals surface area contributed by atoms with Gasteiger partial charge < -0.3 is 10.6 Å². The van der Waals surface area contributed by atoms with E-state index in [2.05, 4.69) is 40.2 Å². The number of fused-ring (bicyclic) bond motifs is 3. The molecule has 0 spiro atoms. The molecule has 1 heterocycles. The summed E-state index contributed by atoms with van der Waals surface area (Å²) in [7, 11) is 0. The SMILES string of the molecule is NC1=NCC(C2CC3CCC2CC3)N1Cc1ccccc1. The standard InChI is InChI=1S/C18H25N3/c19-18-20-11-17(16-10-13-6-8-15(16)9-7-13)21(18)12-14-4-2-1-3-5-14/h1-5,13,15-17H,6-12H2,(H2,19,20). The highest BCUT2D eigenvalue weighted by molar-refractivity contribution is 5.80. The molecule has 112 valence electrons. The lowest BCUT2D eigenvalue weighted by molar-refractivity contribution is 0.0501. The normalized spacial score (nSPS) is 35.0. The Labute approximate surface area is 127 Å². The predicted molar refractivity (Wildman–Crippen MR) is 85.8 cm³/mol. The van der Waals surface area contributed by atoms with E-state index < -0.39 is 0 Å². The Bertz CT molecular complexity index is 517. The molecule has 21 heavy (non-hydrogen) atoms. The number of aliphatic imine (C=N–C) groups is 1. The molecule has 1 aromatic carbocycles. The smallest absolute Gasteiger partial charge is 0.191 e. The Morgan fingerprint density at radius 2 is 1.86 bits per heavy atom. The fraction of sp³-hybridized carbons (Fsp3) is 0.611. The van der Waals surface area contributed by atoms with E-state index in [0.717, 1.165) is 36.8 Å². The van der Waals surface area contributed by atoms with Crippen LogP contribution in [0, 0.1) is 17.8 Å². The van der Waals surface area contributed by atoms with Gasteiger partial charge in [-0.15, -0.1) is 0 Å². The minimum Gasteiger partial charge on any atom is -0.370 e. The Balaban J connectivity index is 1.52. The van der Waals surface area contributed by atoms with E-state index in [1.165, 1.54) is 37.7 Å². The van der Waals surface area contributed by atoms with Gasteiger partial charge in [0, 0.05) is 6.54 Å². The van der Waals surface area contributed by atoms with Gasteiger partial charge in [-0.25, -0.2) is 0 Å². The quantitative estimate of drug-likeness (QED) is 0.926. The number of hydrogen-bond acceptors (Lipinski definition) is 3. The molecule has 0 aromatic heterocycles. The van der Waals surface area contributed by atoms with Crippen molar-refractivity contribution in [2.24, 2.45) is 28.5 Å². The molecule has 1 aromatic rings. The Morgan fingerprint density at radius 1 is 1.10 bits per heavy atom. The van der Waals surface area contributed by atoms with Crippen molar-refractivity contribution in [3.63, 3.8) is 0 Å². The van der Waals surface area contributed by atoms with E-state index in [4.69, 9.17) is 5.73 Å². The zero-order chi connectivity index (χ0) is 14.2. The fourth-order valence-corrected chi connectivity index (χ4v) is 4.79. The van der Waals surface area contributed by atoms with Crippen LogP contribution in [0.5, 0.6) is 0 Å². The van der Waals surface area contributed by atoms with Crippen molar-refractivity contribution in [2.45, 2.75) is 44.7 Å². The summed E-state index contributed by atoms with van der Waals surface area (Å²) in [4.78, 5) is 6.95. The van der Waals surface area contributed by atoms with Crippen molar-refractivity contribution in [1.29, 1.82) is 0 Å². The summed E-state index contributed by atoms with van der Waals surface area (Å²) in [6, 6.07) is 11.2. The summed E-state index contributed by atoms with van der Waals surface area (Å²) < 4.78 is 0. The summed E-state index contributed by atoms with van der Waals surface area (Å²) in [6.45, 7) is 1.82. The Hall–Kier alpha value is -1.51. The third-order valence-electron chi connectivity index (χ3n) is 5.93. The molecule has 2 unspecified atom stereocenters. The van der Waals surface area contributed by atoms with Crippen molar-refractivity contribution in [3.8, 4) is 0 Å².